The van der Waals surface area contributed by atoms with Crippen LogP contribution in [0.3, 0.4) is 0 Å². The largest absolute Gasteiger partial charge is 0.368 e. The lowest BCUT2D eigenvalue weighted by atomic mass is 9.98. The first-order valence-corrected chi connectivity index (χ1v) is 10.2. The van der Waals surface area contributed by atoms with E-state index in [2.05, 4.69) is 5.32 Å². The van der Waals surface area contributed by atoms with Crippen molar-refractivity contribution in [2.24, 2.45) is 0 Å². The highest BCUT2D eigenvalue weighted by Gasteiger charge is 2.34. The second-order valence-electron chi connectivity index (χ2n) is 6.78. The number of ether oxygens (including phenoxy) is 1. The summed E-state index contributed by atoms with van der Waals surface area (Å²) in [6, 6.07) is 6.04. The van der Waals surface area contributed by atoms with Gasteiger partial charge in [-0.1, -0.05) is 37.5 Å². The zero-order valence-electron chi connectivity index (χ0n) is 15.5. The average molecular weight is 406 g/mol. The van der Waals surface area contributed by atoms with Gasteiger partial charge in [0.15, 0.2) is 0 Å². The van der Waals surface area contributed by atoms with Crippen LogP contribution in [0.4, 0.5) is 9.18 Å². The number of amides is 3. The summed E-state index contributed by atoms with van der Waals surface area (Å²) < 4.78 is 19.3. The van der Waals surface area contributed by atoms with Crippen molar-refractivity contribution in [2.75, 3.05) is 19.7 Å². The van der Waals surface area contributed by atoms with Gasteiger partial charge in [0.05, 0.1) is 11.0 Å². The Kier molecular flexibility index (Phi) is 7.22. The minimum atomic E-state index is -0.481. The zero-order valence-corrected chi connectivity index (χ0v) is 16.3. The van der Waals surface area contributed by atoms with Gasteiger partial charge in [0, 0.05) is 18.7 Å². The van der Waals surface area contributed by atoms with Crippen LogP contribution in [0, 0.1) is 5.82 Å². The third kappa shape index (κ3) is 5.42. The van der Waals surface area contributed by atoms with Gasteiger partial charge in [-0.05, 0) is 36.7 Å². The van der Waals surface area contributed by atoms with E-state index in [1.54, 1.807) is 12.1 Å². The summed E-state index contributed by atoms with van der Waals surface area (Å²) in [6.45, 7) is 0.200. The molecule has 0 atom stereocenters. The molecule has 3 amide bonds. The summed E-state index contributed by atoms with van der Waals surface area (Å²) >= 11 is 0.768. The van der Waals surface area contributed by atoms with Crippen molar-refractivity contribution in [3.63, 3.8) is 0 Å². The van der Waals surface area contributed by atoms with Crippen LogP contribution < -0.4 is 5.32 Å². The molecular weight excluding hydrogens is 383 g/mol. The van der Waals surface area contributed by atoms with E-state index in [9.17, 15) is 18.8 Å². The van der Waals surface area contributed by atoms with Gasteiger partial charge in [-0.15, -0.1) is 0 Å². The second-order valence-corrected chi connectivity index (χ2v) is 7.77. The molecule has 8 heteroatoms. The molecule has 0 unspecified atom stereocenters. The van der Waals surface area contributed by atoms with E-state index >= 15 is 0 Å². The van der Waals surface area contributed by atoms with Gasteiger partial charge in [0.1, 0.15) is 12.4 Å². The van der Waals surface area contributed by atoms with E-state index in [0.29, 0.717) is 0 Å². The number of thioether (sulfide) groups is 1. The van der Waals surface area contributed by atoms with Crippen molar-refractivity contribution in [1.82, 2.24) is 10.2 Å². The highest BCUT2D eigenvalue weighted by atomic mass is 32.2. The molecule has 0 bridgehead atoms. The predicted molar refractivity (Wildman–Crippen MR) is 105 cm³/mol. The third-order valence-electron chi connectivity index (χ3n) is 4.73. The highest BCUT2D eigenvalue weighted by Crippen LogP contribution is 2.32. The van der Waals surface area contributed by atoms with Crippen LogP contribution in [0.25, 0.3) is 6.08 Å². The van der Waals surface area contributed by atoms with E-state index in [-0.39, 0.29) is 42.2 Å². The van der Waals surface area contributed by atoms with Gasteiger partial charge in [-0.2, -0.15) is 0 Å². The number of benzene rings is 1. The molecule has 2 fully saturated rings. The van der Waals surface area contributed by atoms with Crippen LogP contribution in [0.15, 0.2) is 29.2 Å². The number of carbonyl (C=O) groups excluding carboxylic acids is 3. The number of rotatable bonds is 7. The normalized spacial score (nSPS) is 19.5. The summed E-state index contributed by atoms with van der Waals surface area (Å²) in [5.41, 5.74) is 0.251. The molecule has 6 nitrogen and oxygen atoms in total. The van der Waals surface area contributed by atoms with Crippen LogP contribution in [0.2, 0.25) is 0 Å². The lowest BCUT2D eigenvalue weighted by Gasteiger charge is -2.21. The van der Waals surface area contributed by atoms with Crippen LogP contribution in [-0.4, -0.2) is 47.8 Å². The Balaban J connectivity index is 1.45. The lowest BCUT2D eigenvalue weighted by Crippen LogP contribution is -2.39. The molecule has 1 aromatic rings. The topological polar surface area (TPSA) is 75.7 Å². The van der Waals surface area contributed by atoms with E-state index < -0.39 is 17.0 Å². The molecule has 0 aromatic heterocycles. The molecular formula is C20H23FN2O4S. The standard InChI is InChI=1S/C20H23FN2O4S/c21-16-9-5-4-6-14(16)12-17-19(25)23(20(26)28-17)11-10-22-18(24)13-27-15-7-2-1-3-8-15/h4-6,9,12,15H,1-3,7-8,10-11,13H2,(H,22,24). The first kappa shape index (κ1) is 20.5. The van der Waals surface area contributed by atoms with Crippen molar-refractivity contribution >= 4 is 34.9 Å². The summed E-state index contributed by atoms with van der Waals surface area (Å²) in [4.78, 5) is 37.6. The number of halogens is 1. The minimum Gasteiger partial charge on any atom is -0.368 e. The van der Waals surface area contributed by atoms with Crippen molar-refractivity contribution in [3.8, 4) is 0 Å². The summed E-state index contributed by atoms with van der Waals surface area (Å²) in [5, 5.41) is 2.23. The quantitative estimate of drug-likeness (QED) is 0.703. The van der Waals surface area contributed by atoms with Gasteiger partial charge in [-0.25, -0.2) is 4.39 Å². The third-order valence-corrected chi connectivity index (χ3v) is 5.63. The van der Waals surface area contributed by atoms with Crippen molar-refractivity contribution in [1.29, 1.82) is 0 Å². The fourth-order valence-electron chi connectivity index (χ4n) is 3.21. The van der Waals surface area contributed by atoms with E-state index in [4.69, 9.17) is 4.74 Å². The van der Waals surface area contributed by atoms with Gasteiger partial charge in [0.2, 0.25) is 5.91 Å². The molecule has 0 spiro atoms. The fraction of sp³-hybridized carbons (Fsp3) is 0.450. The summed E-state index contributed by atoms with van der Waals surface area (Å²) in [7, 11) is 0. The van der Waals surface area contributed by atoms with Gasteiger partial charge < -0.3 is 10.1 Å². The number of hydrogen-bond acceptors (Lipinski definition) is 5. The van der Waals surface area contributed by atoms with Gasteiger partial charge in [-0.3, -0.25) is 19.3 Å². The van der Waals surface area contributed by atoms with Crippen LogP contribution in [0.5, 0.6) is 0 Å². The van der Waals surface area contributed by atoms with E-state index in [1.807, 2.05) is 0 Å². The summed E-state index contributed by atoms with van der Waals surface area (Å²) in [5.74, 6) is -1.20. The summed E-state index contributed by atoms with van der Waals surface area (Å²) in [6.07, 6.45) is 6.96. The predicted octanol–water partition coefficient (Wildman–Crippen LogP) is 3.33. The molecule has 1 aliphatic carbocycles. The maximum Gasteiger partial charge on any atom is 0.293 e. The lowest BCUT2D eigenvalue weighted by molar-refractivity contribution is -0.129. The first-order chi connectivity index (χ1) is 13.5. The first-order valence-electron chi connectivity index (χ1n) is 9.43. The number of nitrogens with zero attached hydrogens (tertiary/aromatic N) is 1. The van der Waals surface area contributed by atoms with Crippen LogP contribution in [0.1, 0.15) is 37.7 Å². The van der Waals surface area contributed by atoms with Crippen molar-refractivity contribution in [2.45, 2.75) is 38.2 Å². The highest BCUT2D eigenvalue weighted by molar-refractivity contribution is 8.18. The molecule has 3 rings (SSSR count). The Hall–Kier alpha value is -2.19. The van der Waals surface area contributed by atoms with E-state index in [1.165, 1.54) is 24.6 Å². The number of hydrogen-bond donors (Lipinski definition) is 1. The Labute approximate surface area is 167 Å². The van der Waals surface area contributed by atoms with Crippen molar-refractivity contribution < 1.29 is 23.5 Å². The SMILES string of the molecule is O=C(COC1CCCCC1)NCCN1C(=O)SC(=Cc2ccccc2F)C1=O. The smallest absolute Gasteiger partial charge is 0.293 e. The monoisotopic (exact) mass is 406 g/mol. The minimum absolute atomic E-state index is 0.0141. The molecule has 2 aliphatic rings. The Morgan fingerprint density at radius 2 is 2.00 bits per heavy atom. The molecule has 1 aromatic carbocycles. The molecule has 1 heterocycles. The van der Waals surface area contributed by atoms with Crippen LogP contribution >= 0.6 is 11.8 Å². The Morgan fingerprint density at radius 1 is 1.25 bits per heavy atom. The number of nitrogens with one attached hydrogen (secondary N) is 1. The van der Waals surface area contributed by atoms with E-state index in [0.717, 1.165) is 42.3 Å². The fourth-order valence-corrected chi connectivity index (χ4v) is 4.07. The number of carbonyl (C=O) groups is 3. The van der Waals surface area contributed by atoms with Gasteiger partial charge >= 0.3 is 0 Å². The number of imide groups is 1. The molecule has 1 N–H and O–H groups in total. The maximum atomic E-state index is 13.7. The molecule has 28 heavy (non-hydrogen) atoms. The van der Waals surface area contributed by atoms with Crippen LogP contribution in [-0.2, 0) is 14.3 Å². The average Bonchev–Trinajstić information content (AvgIpc) is 2.96. The molecule has 1 saturated carbocycles. The molecule has 1 saturated heterocycles. The maximum absolute atomic E-state index is 13.7. The zero-order chi connectivity index (χ0) is 19.9. The van der Waals surface area contributed by atoms with Gasteiger partial charge in [0.25, 0.3) is 11.1 Å². The second kappa shape index (κ2) is 9.84. The Bertz CT molecular complexity index is 777. The molecule has 0 radical (unpaired) electrons. The molecule has 1 aliphatic heterocycles. The van der Waals surface area contributed by atoms with Crippen molar-refractivity contribution in [3.05, 3.63) is 40.6 Å². The molecule has 150 valence electrons. The Morgan fingerprint density at radius 3 is 2.75 bits per heavy atom.